The van der Waals surface area contributed by atoms with E-state index < -0.39 is 0 Å². The van der Waals surface area contributed by atoms with Crippen LogP contribution < -0.4 is 0 Å². The Hall–Kier alpha value is -0.0600. The van der Waals surface area contributed by atoms with Crippen LogP contribution in [0.15, 0.2) is 17.0 Å². The van der Waals surface area contributed by atoms with Gasteiger partial charge in [-0.05, 0) is 29.0 Å². The van der Waals surface area contributed by atoms with Crippen molar-refractivity contribution in [2.24, 2.45) is 4.99 Å². The second-order valence-corrected chi connectivity index (χ2v) is 1.76. The Morgan fingerprint density at radius 1 is 1.88 bits per heavy atom. The molecule has 0 unspecified atom stereocenters. The molecular formula is C5H8INO. The highest BCUT2D eigenvalue weighted by molar-refractivity contribution is 14.1. The first-order chi connectivity index (χ1) is 3.85. The smallest absolute Gasteiger partial charge is 0.101 e. The Morgan fingerprint density at radius 3 is 2.62 bits per heavy atom. The van der Waals surface area contributed by atoms with Crippen molar-refractivity contribution in [3.63, 3.8) is 0 Å². The summed E-state index contributed by atoms with van der Waals surface area (Å²) in [5.74, 6) is 0. The number of allylic oxidation sites excluding steroid dienone is 1. The molecule has 0 aliphatic carbocycles. The van der Waals surface area contributed by atoms with E-state index in [1.807, 2.05) is 29.5 Å². The summed E-state index contributed by atoms with van der Waals surface area (Å²) in [6.45, 7) is 1.94. The fourth-order valence-corrected chi connectivity index (χ4v) is 0.636. The molecule has 2 nitrogen and oxygen atoms in total. The lowest BCUT2D eigenvalue weighted by molar-refractivity contribution is 0.464. The summed E-state index contributed by atoms with van der Waals surface area (Å²) in [6, 6.07) is 0. The molecule has 0 aliphatic heterocycles. The van der Waals surface area contributed by atoms with Gasteiger partial charge in [-0.2, -0.15) is 0 Å². The minimum absolute atomic E-state index is 0.708. The van der Waals surface area contributed by atoms with Crippen molar-refractivity contribution in [1.82, 2.24) is 0 Å². The lowest BCUT2D eigenvalue weighted by Gasteiger charge is -1.88. The van der Waals surface area contributed by atoms with Crippen LogP contribution in [-0.2, 0) is 0 Å². The quantitative estimate of drug-likeness (QED) is 0.436. The van der Waals surface area contributed by atoms with Crippen molar-refractivity contribution in [2.75, 3.05) is 0 Å². The molecule has 0 rings (SSSR count). The first-order valence-electron chi connectivity index (χ1n) is 2.31. The highest BCUT2D eigenvalue weighted by atomic mass is 127. The second kappa shape index (κ2) is 5.08. The predicted octanol–water partition coefficient (Wildman–Crippen LogP) is 2.26. The van der Waals surface area contributed by atoms with Crippen LogP contribution in [0.25, 0.3) is 0 Å². The number of nitrogens with zero attached hydrogens (tertiary/aromatic N) is 1. The van der Waals surface area contributed by atoms with Crippen LogP contribution in [0.5, 0.6) is 0 Å². The lowest BCUT2D eigenvalue weighted by atomic mass is 10.4. The highest BCUT2D eigenvalue weighted by Gasteiger charge is 1.83. The third kappa shape index (κ3) is 3.01. The first kappa shape index (κ1) is 7.94. The van der Waals surface area contributed by atoms with Gasteiger partial charge in [0.15, 0.2) is 0 Å². The van der Waals surface area contributed by atoms with Gasteiger partial charge in [0.05, 0.1) is 9.92 Å². The molecule has 0 heterocycles. The molecule has 0 fully saturated rings. The SMILES string of the molecule is CCC(=C/O)/N=C\I. The van der Waals surface area contributed by atoms with Gasteiger partial charge in [0.25, 0.3) is 0 Å². The van der Waals surface area contributed by atoms with Gasteiger partial charge in [0.1, 0.15) is 6.26 Å². The summed E-state index contributed by atoms with van der Waals surface area (Å²) in [5.41, 5.74) is 0.708. The zero-order chi connectivity index (χ0) is 6.41. The van der Waals surface area contributed by atoms with Gasteiger partial charge in [0.2, 0.25) is 0 Å². The largest absolute Gasteiger partial charge is 0.514 e. The molecule has 0 bridgehead atoms. The van der Waals surface area contributed by atoms with Crippen LogP contribution in [0.3, 0.4) is 0 Å². The maximum Gasteiger partial charge on any atom is 0.101 e. The second-order valence-electron chi connectivity index (χ2n) is 1.20. The average molecular weight is 225 g/mol. The Bertz CT molecular complexity index is 106. The first-order valence-corrected chi connectivity index (χ1v) is 3.55. The third-order valence-electron chi connectivity index (χ3n) is 0.726. The number of hydrogen-bond acceptors (Lipinski definition) is 2. The Kier molecular flexibility index (Phi) is 5.05. The van der Waals surface area contributed by atoms with Crippen LogP contribution >= 0.6 is 22.6 Å². The molecule has 0 aliphatic rings. The van der Waals surface area contributed by atoms with Crippen molar-refractivity contribution in [2.45, 2.75) is 13.3 Å². The van der Waals surface area contributed by atoms with Gasteiger partial charge in [-0.15, -0.1) is 0 Å². The summed E-state index contributed by atoms with van der Waals surface area (Å²) >= 11 is 2.01. The molecule has 0 saturated heterocycles. The maximum absolute atomic E-state index is 8.38. The molecule has 0 aromatic heterocycles. The van der Waals surface area contributed by atoms with Crippen LogP contribution in [0.4, 0.5) is 0 Å². The fraction of sp³-hybridized carbons (Fsp3) is 0.400. The molecule has 8 heavy (non-hydrogen) atoms. The number of aliphatic imine (C=N–C) groups is 1. The van der Waals surface area contributed by atoms with E-state index in [1.165, 1.54) is 0 Å². The van der Waals surface area contributed by atoms with Gasteiger partial charge in [-0.25, -0.2) is 0 Å². The molecule has 0 spiro atoms. The molecule has 0 saturated carbocycles. The molecule has 46 valence electrons. The van der Waals surface area contributed by atoms with Gasteiger partial charge in [0, 0.05) is 0 Å². The van der Waals surface area contributed by atoms with E-state index in [-0.39, 0.29) is 0 Å². The summed E-state index contributed by atoms with van der Waals surface area (Å²) < 4.78 is 1.63. The van der Waals surface area contributed by atoms with Gasteiger partial charge in [-0.3, -0.25) is 4.99 Å². The molecular weight excluding hydrogens is 217 g/mol. The van der Waals surface area contributed by atoms with Crippen molar-refractivity contribution >= 4 is 26.8 Å². The number of hydrogen-bond donors (Lipinski definition) is 1. The van der Waals surface area contributed by atoms with E-state index in [2.05, 4.69) is 4.99 Å². The van der Waals surface area contributed by atoms with E-state index in [9.17, 15) is 0 Å². The summed E-state index contributed by atoms with van der Waals surface area (Å²) in [5, 5.41) is 8.38. The number of halogens is 1. The zero-order valence-electron chi connectivity index (χ0n) is 4.63. The van der Waals surface area contributed by atoms with Crippen molar-refractivity contribution < 1.29 is 5.11 Å². The minimum Gasteiger partial charge on any atom is -0.514 e. The predicted molar refractivity (Wildman–Crippen MR) is 43.5 cm³/mol. The van der Waals surface area contributed by atoms with E-state index in [4.69, 9.17) is 5.11 Å². The monoisotopic (exact) mass is 225 g/mol. The Morgan fingerprint density at radius 2 is 2.50 bits per heavy atom. The third-order valence-corrected chi connectivity index (χ3v) is 1.00. The normalized spacial score (nSPS) is 13.0. The van der Waals surface area contributed by atoms with Crippen LogP contribution in [0, 0.1) is 0 Å². The standard InChI is InChI=1S/C5H8INO/c1-2-5(3-8)7-4-6/h3-4,8H,2H2,1H3/b5-3-,7-4-. The van der Waals surface area contributed by atoms with Crippen LogP contribution in [-0.4, -0.2) is 9.33 Å². The average Bonchev–Trinajstić information content (AvgIpc) is 1.83. The fourth-order valence-electron chi connectivity index (χ4n) is 0.279. The summed E-state index contributed by atoms with van der Waals surface area (Å²) in [7, 11) is 0. The lowest BCUT2D eigenvalue weighted by Crippen LogP contribution is -1.72. The summed E-state index contributed by atoms with van der Waals surface area (Å²) in [6.07, 6.45) is 1.80. The van der Waals surface area contributed by atoms with Crippen molar-refractivity contribution in [1.29, 1.82) is 0 Å². The molecule has 0 radical (unpaired) electrons. The van der Waals surface area contributed by atoms with E-state index in [1.54, 1.807) is 4.22 Å². The van der Waals surface area contributed by atoms with Gasteiger partial charge < -0.3 is 5.11 Å². The highest BCUT2D eigenvalue weighted by Crippen LogP contribution is 1.99. The van der Waals surface area contributed by atoms with E-state index >= 15 is 0 Å². The molecule has 0 aromatic rings. The molecule has 1 N–H and O–H groups in total. The van der Waals surface area contributed by atoms with Crippen molar-refractivity contribution in [3.05, 3.63) is 12.0 Å². The van der Waals surface area contributed by atoms with Gasteiger partial charge >= 0.3 is 0 Å². The van der Waals surface area contributed by atoms with Crippen LogP contribution in [0.1, 0.15) is 13.3 Å². The van der Waals surface area contributed by atoms with Crippen molar-refractivity contribution in [3.8, 4) is 0 Å². The Balaban J connectivity index is 3.72. The number of rotatable bonds is 2. The van der Waals surface area contributed by atoms with Crippen LogP contribution in [0.2, 0.25) is 0 Å². The number of aliphatic hydroxyl groups excluding tert-OH is 1. The topological polar surface area (TPSA) is 32.6 Å². The van der Waals surface area contributed by atoms with Gasteiger partial charge in [-0.1, -0.05) is 6.92 Å². The number of aliphatic hydroxyl groups is 1. The van der Waals surface area contributed by atoms with E-state index in [0.717, 1.165) is 12.7 Å². The maximum atomic E-state index is 8.38. The minimum atomic E-state index is 0.708. The zero-order valence-corrected chi connectivity index (χ0v) is 6.79. The Labute approximate surface area is 62.5 Å². The molecule has 0 atom stereocenters. The summed E-state index contributed by atoms with van der Waals surface area (Å²) in [4.78, 5) is 3.83. The molecule has 3 heteroatoms. The molecule has 0 aromatic carbocycles. The van der Waals surface area contributed by atoms with E-state index in [0.29, 0.717) is 5.70 Å². The molecule has 0 amide bonds.